The Balaban J connectivity index is 2.37. The Labute approximate surface area is 115 Å². The molecular weight excluding hydrogens is 293 g/mol. The molecular formula is C12H9F3N2O2S. The van der Waals surface area contributed by atoms with E-state index in [-0.39, 0.29) is 5.56 Å². The van der Waals surface area contributed by atoms with E-state index in [0.29, 0.717) is 10.8 Å². The van der Waals surface area contributed by atoms with E-state index < -0.39 is 24.1 Å². The summed E-state index contributed by atoms with van der Waals surface area (Å²) in [5.74, 6) is -1.20. The Morgan fingerprint density at radius 3 is 2.70 bits per heavy atom. The number of aromatic nitrogens is 1. The maximum absolute atomic E-state index is 12.6. The average Bonchev–Trinajstić information content (AvgIpc) is 2.82. The first kappa shape index (κ1) is 14.3. The summed E-state index contributed by atoms with van der Waals surface area (Å²) in [5, 5.41) is 13.8. The van der Waals surface area contributed by atoms with Crippen molar-refractivity contribution in [3.63, 3.8) is 0 Å². The molecule has 0 bridgehead atoms. The number of carboxylic acids is 1. The van der Waals surface area contributed by atoms with Crippen LogP contribution >= 0.6 is 11.3 Å². The number of carbonyl (C=O) groups is 1. The highest BCUT2D eigenvalue weighted by molar-refractivity contribution is 7.13. The van der Waals surface area contributed by atoms with E-state index in [1.54, 1.807) is 5.38 Å². The number of hydrogen-bond acceptors (Lipinski definition) is 4. The Morgan fingerprint density at radius 2 is 2.15 bits per heavy atom. The van der Waals surface area contributed by atoms with Crippen molar-refractivity contribution in [1.82, 2.24) is 4.98 Å². The molecule has 0 aliphatic heterocycles. The fourth-order valence-electron chi connectivity index (χ4n) is 1.60. The van der Waals surface area contributed by atoms with Crippen LogP contribution in [0.15, 0.2) is 29.8 Å². The van der Waals surface area contributed by atoms with E-state index >= 15 is 0 Å². The molecule has 2 aromatic rings. The van der Waals surface area contributed by atoms with Gasteiger partial charge in [0, 0.05) is 17.3 Å². The summed E-state index contributed by atoms with van der Waals surface area (Å²) in [6.07, 6.45) is -3.47. The lowest BCUT2D eigenvalue weighted by atomic mass is 10.1. The Bertz CT molecular complexity index is 612. The first-order valence-corrected chi connectivity index (χ1v) is 6.32. The fourth-order valence-corrected chi connectivity index (χ4v) is 2.14. The second kappa shape index (κ2) is 5.49. The molecule has 4 nitrogen and oxygen atoms in total. The van der Waals surface area contributed by atoms with Crippen molar-refractivity contribution in [1.29, 1.82) is 0 Å². The molecule has 0 unspecified atom stereocenters. The van der Waals surface area contributed by atoms with Crippen molar-refractivity contribution in [3.8, 4) is 0 Å². The molecule has 0 radical (unpaired) electrons. The molecule has 2 rings (SSSR count). The summed E-state index contributed by atoms with van der Waals surface area (Å²) in [5.41, 5.74) is -0.517. The van der Waals surface area contributed by atoms with Crippen molar-refractivity contribution < 1.29 is 23.1 Å². The predicted octanol–water partition coefficient (Wildman–Crippen LogP) is 3.53. The maximum Gasteiger partial charge on any atom is 0.416 e. The van der Waals surface area contributed by atoms with Crippen LogP contribution in [0.2, 0.25) is 0 Å². The van der Waals surface area contributed by atoms with Gasteiger partial charge in [-0.2, -0.15) is 13.2 Å². The van der Waals surface area contributed by atoms with Gasteiger partial charge in [0.15, 0.2) is 5.13 Å². The molecule has 20 heavy (non-hydrogen) atoms. The summed E-state index contributed by atoms with van der Waals surface area (Å²) in [7, 11) is 0. The van der Waals surface area contributed by atoms with Gasteiger partial charge in [-0.25, -0.2) is 4.98 Å². The third kappa shape index (κ3) is 3.47. The Kier molecular flexibility index (Phi) is 3.93. The zero-order chi connectivity index (χ0) is 14.8. The van der Waals surface area contributed by atoms with Crippen molar-refractivity contribution >= 4 is 28.1 Å². The largest absolute Gasteiger partial charge is 0.481 e. The Morgan fingerprint density at radius 1 is 1.40 bits per heavy atom. The first-order chi connectivity index (χ1) is 9.36. The predicted molar refractivity (Wildman–Crippen MR) is 68.2 cm³/mol. The van der Waals surface area contributed by atoms with Crippen molar-refractivity contribution in [2.45, 2.75) is 12.6 Å². The van der Waals surface area contributed by atoms with E-state index in [4.69, 9.17) is 5.11 Å². The number of halogens is 3. The Hall–Kier alpha value is -2.09. The first-order valence-electron chi connectivity index (χ1n) is 5.44. The van der Waals surface area contributed by atoms with Crippen molar-refractivity contribution in [3.05, 3.63) is 40.9 Å². The molecule has 1 heterocycles. The van der Waals surface area contributed by atoms with E-state index in [1.165, 1.54) is 23.6 Å². The molecule has 0 amide bonds. The molecule has 1 aromatic carbocycles. The van der Waals surface area contributed by atoms with Gasteiger partial charge < -0.3 is 10.4 Å². The molecule has 2 N–H and O–H groups in total. The summed E-state index contributed by atoms with van der Waals surface area (Å²) < 4.78 is 37.9. The zero-order valence-corrected chi connectivity index (χ0v) is 10.8. The van der Waals surface area contributed by atoms with Gasteiger partial charge in [0.2, 0.25) is 0 Å². The lowest BCUT2D eigenvalue weighted by Crippen LogP contribution is -2.09. The number of benzene rings is 1. The van der Waals surface area contributed by atoms with Gasteiger partial charge in [0.05, 0.1) is 12.0 Å². The minimum Gasteiger partial charge on any atom is -0.481 e. The van der Waals surface area contributed by atoms with Crippen LogP contribution in [0.3, 0.4) is 0 Å². The topological polar surface area (TPSA) is 62.2 Å². The molecule has 0 atom stereocenters. The van der Waals surface area contributed by atoms with Gasteiger partial charge >= 0.3 is 12.1 Å². The second-order valence-corrected chi connectivity index (χ2v) is 4.80. The van der Waals surface area contributed by atoms with E-state index in [0.717, 1.165) is 12.1 Å². The van der Waals surface area contributed by atoms with Crippen LogP contribution in [0.1, 0.15) is 11.1 Å². The van der Waals surface area contributed by atoms with E-state index in [9.17, 15) is 18.0 Å². The highest BCUT2D eigenvalue weighted by Crippen LogP contribution is 2.33. The highest BCUT2D eigenvalue weighted by Gasteiger charge is 2.31. The summed E-state index contributed by atoms with van der Waals surface area (Å²) in [6, 6.07) is 2.95. The third-order valence-corrected chi connectivity index (χ3v) is 3.14. The van der Waals surface area contributed by atoms with Gasteiger partial charge in [-0.3, -0.25) is 4.79 Å². The van der Waals surface area contributed by atoms with Gasteiger partial charge in [0.1, 0.15) is 0 Å². The maximum atomic E-state index is 12.6. The summed E-state index contributed by atoms with van der Waals surface area (Å²) in [4.78, 5) is 14.7. The molecule has 0 saturated heterocycles. The highest BCUT2D eigenvalue weighted by atomic mass is 32.1. The van der Waals surface area contributed by atoms with Crippen molar-refractivity contribution in [2.24, 2.45) is 0 Å². The summed E-state index contributed by atoms with van der Waals surface area (Å²) in [6.45, 7) is 0. The van der Waals surface area contributed by atoms with Crippen LogP contribution in [0, 0.1) is 0 Å². The summed E-state index contributed by atoms with van der Waals surface area (Å²) >= 11 is 1.26. The lowest BCUT2D eigenvalue weighted by molar-refractivity contribution is -0.138. The molecule has 0 spiro atoms. The fraction of sp³-hybridized carbons (Fsp3) is 0.167. The molecule has 0 fully saturated rings. The second-order valence-electron chi connectivity index (χ2n) is 3.90. The number of anilines is 2. The molecule has 0 aliphatic rings. The number of thiazole rings is 1. The van der Waals surface area contributed by atoms with Gasteiger partial charge in [-0.05, 0) is 23.8 Å². The number of carboxylic acid groups (broad SMARTS) is 1. The number of alkyl halides is 3. The standard InChI is InChI=1S/C12H9F3N2O2S/c13-12(14,15)8-1-2-9(7(5-8)6-10(18)19)17-11-16-3-4-20-11/h1-5H,6H2,(H,16,17)(H,18,19). The zero-order valence-electron chi connectivity index (χ0n) is 9.94. The SMILES string of the molecule is O=C(O)Cc1cc(C(F)(F)F)ccc1Nc1nccs1. The molecule has 0 aliphatic carbocycles. The normalized spacial score (nSPS) is 11.3. The molecule has 1 aromatic heterocycles. The monoisotopic (exact) mass is 302 g/mol. The number of aliphatic carboxylic acids is 1. The van der Waals surface area contributed by atoms with Crippen LogP contribution in [-0.4, -0.2) is 16.1 Å². The van der Waals surface area contributed by atoms with Crippen LogP contribution in [0.25, 0.3) is 0 Å². The minimum atomic E-state index is -4.51. The lowest BCUT2D eigenvalue weighted by Gasteiger charge is -2.13. The number of nitrogens with one attached hydrogen (secondary N) is 1. The number of rotatable bonds is 4. The third-order valence-electron chi connectivity index (χ3n) is 2.45. The van der Waals surface area contributed by atoms with Gasteiger partial charge in [0.25, 0.3) is 0 Å². The van der Waals surface area contributed by atoms with Gasteiger partial charge in [-0.15, -0.1) is 11.3 Å². The van der Waals surface area contributed by atoms with Gasteiger partial charge in [-0.1, -0.05) is 0 Å². The number of nitrogens with zero attached hydrogens (tertiary/aromatic N) is 1. The van der Waals surface area contributed by atoms with Crippen LogP contribution in [-0.2, 0) is 17.4 Å². The number of hydrogen-bond donors (Lipinski definition) is 2. The van der Waals surface area contributed by atoms with E-state index in [1.807, 2.05) is 0 Å². The van der Waals surface area contributed by atoms with Crippen LogP contribution in [0.5, 0.6) is 0 Å². The molecule has 0 saturated carbocycles. The average molecular weight is 302 g/mol. The molecule has 8 heteroatoms. The molecule has 106 valence electrons. The van der Waals surface area contributed by atoms with E-state index in [2.05, 4.69) is 10.3 Å². The minimum absolute atomic E-state index is 0.0579. The quantitative estimate of drug-likeness (QED) is 0.907. The van der Waals surface area contributed by atoms with Crippen LogP contribution in [0.4, 0.5) is 24.0 Å². The smallest absolute Gasteiger partial charge is 0.416 e. The van der Waals surface area contributed by atoms with Crippen LogP contribution < -0.4 is 5.32 Å². The van der Waals surface area contributed by atoms with Crippen molar-refractivity contribution in [2.75, 3.05) is 5.32 Å².